The first-order valence-corrected chi connectivity index (χ1v) is 10.1. The molecule has 0 spiro atoms. The number of likely N-dealkylation sites (tertiary alicyclic amines) is 1. The third-order valence-electron chi connectivity index (χ3n) is 6.59. The largest absolute Gasteiger partial charge is 0.339 e. The fraction of sp³-hybridized carbons (Fsp3) is 0.619. The molecule has 3 N–H and O–H groups in total. The van der Waals surface area contributed by atoms with E-state index in [1.54, 1.807) is 0 Å². The van der Waals surface area contributed by atoms with Gasteiger partial charge in [0.1, 0.15) is 0 Å². The molecule has 4 rings (SSSR count). The Hall–Kier alpha value is -1.59. The minimum Gasteiger partial charge on any atom is -0.339 e. The van der Waals surface area contributed by atoms with Gasteiger partial charge in [-0.1, -0.05) is 18.6 Å². The highest BCUT2D eigenvalue weighted by atomic mass is 35.5. The van der Waals surface area contributed by atoms with Crippen LogP contribution >= 0.6 is 12.4 Å². The number of nitrogens with zero attached hydrogens (tertiary/aromatic N) is 1. The third-order valence-corrected chi connectivity index (χ3v) is 6.59. The highest BCUT2D eigenvalue weighted by Gasteiger charge is 2.40. The van der Waals surface area contributed by atoms with Crippen LogP contribution in [-0.2, 0) is 4.79 Å². The summed E-state index contributed by atoms with van der Waals surface area (Å²) in [4.78, 5) is 27.6. The van der Waals surface area contributed by atoms with Crippen molar-refractivity contribution in [3.63, 3.8) is 0 Å². The third kappa shape index (κ3) is 4.14. The number of nitrogens with two attached hydrogens (primary N) is 1. The molecule has 3 fully saturated rings. The maximum absolute atomic E-state index is 12.9. The molecule has 1 aromatic rings. The second-order valence-electron chi connectivity index (χ2n) is 8.23. The molecule has 2 amide bonds. The second-order valence-corrected chi connectivity index (χ2v) is 8.23. The van der Waals surface area contributed by atoms with Crippen molar-refractivity contribution in [2.24, 2.45) is 23.5 Å². The lowest BCUT2D eigenvalue weighted by Crippen LogP contribution is -2.48. The molecule has 0 radical (unpaired) electrons. The van der Waals surface area contributed by atoms with Crippen LogP contribution in [0.5, 0.6) is 0 Å². The van der Waals surface area contributed by atoms with Crippen LogP contribution in [-0.4, -0.2) is 35.8 Å². The van der Waals surface area contributed by atoms with Crippen LogP contribution in [0.2, 0.25) is 0 Å². The van der Waals surface area contributed by atoms with Gasteiger partial charge in [-0.05, 0) is 62.5 Å². The quantitative estimate of drug-likeness (QED) is 0.828. The smallest absolute Gasteiger partial charge is 0.255 e. The minimum absolute atomic E-state index is 0. The molecule has 1 saturated heterocycles. The Balaban J connectivity index is 0.00000210. The van der Waals surface area contributed by atoms with Gasteiger partial charge < -0.3 is 16.0 Å². The summed E-state index contributed by atoms with van der Waals surface area (Å²) in [6, 6.07) is 7.67. The van der Waals surface area contributed by atoms with Crippen molar-refractivity contribution in [3.05, 3.63) is 29.8 Å². The van der Waals surface area contributed by atoms with Crippen molar-refractivity contribution in [1.29, 1.82) is 0 Å². The summed E-state index contributed by atoms with van der Waals surface area (Å²) in [7, 11) is 0. The van der Waals surface area contributed by atoms with Crippen LogP contribution < -0.4 is 11.1 Å². The van der Waals surface area contributed by atoms with Gasteiger partial charge in [-0.15, -0.1) is 12.4 Å². The molecular weight excluding hydrogens is 362 g/mol. The first-order valence-electron chi connectivity index (χ1n) is 10.1. The summed E-state index contributed by atoms with van der Waals surface area (Å²) in [5, 5.41) is 3.06. The summed E-state index contributed by atoms with van der Waals surface area (Å²) in [5.74, 6) is 1.04. The van der Waals surface area contributed by atoms with Gasteiger partial charge in [-0.2, -0.15) is 0 Å². The number of fused-ring (bicyclic) bond motifs is 2. The van der Waals surface area contributed by atoms with Gasteiger partial charge in [-0.25, -0.2) is 0 Å². The molecule has 2 atom stereocenters. The monoisotopic (exact) mass is 391 g/mol. The number of amides is 2. The van der Waals surface area contributed by atoms with Gasteiger partial charge in [0.2, 0.25) is 5.91 Å². The van der Waals surface area contributed by atoms with Crippen LogP contribution in [0, 0.1) is 17.8 Å². The van der Waals surface area contributed by atoms with Crippen LogP contribution in [0.3, 0.4) is 0 Å². The number of nitrogens with one attached hydrogen (secondary N) is 1. The Morgan fingerprint density at radius 1 is 1.00 bits per heavy atom. The van der Waals surface area contributed by atoms with E-state index in [-0.39, 0.29) is 36.2 Å². The van der Waals surface area contributed by atoms with Crippen LogP contribution in [0.1, 0.15) is 55.3 Å². The van der Waals surface area contributed by atoms with E-state index in [0.29, 0.717) is 23.1 Å². The van der Waals surface area contributed by atoms with Crippen molar-refractivity contribution >= 4 is 29.9 Å². The highest BCUT2D eigenvalue weighted by molar-refractivity contribution is 6.04. The minimum atomic E-state index is 0. The zero-order chi connectivity index (χ0) is 18.1. The summed E-state index contributed by atoms with van der Waals surface area (Å²) in [6.07, 6.45) is 7.41. The van der Waals surface area contributed by atoms with E-state index in [0.717, 1.165) is 51.6 Å². The molecule has 2 aliphatic carbocycles. The van der Waals surface area contributed by atoms with Crippen molar-refractivity contribution < 1.29 is 9.59 Å². The van der Waals surface area contributed by atoms with Gasteiger partial charge in [0, 0.05) is 25.0 Å². The van der Waals surface area contributed by atoms with Gasteiger partial charge in [0.05, 0.1) is 11.3 Å². The fourth-order valence-electron chi connectivity index (χ4n) is 5.11. The number of anilines is 1. The van der Waals surface area contributed by atoms with E-state index in [4.69, 9.17) is 5.73 Å². The second kappa shape index (κ2) is 8.61. The van der Waals surface area contributed by atoms with Crippen molar-refractivity contribution in [2.75, 3.05) is 18.4 Å². The van der Waals surface area contributed by atoms with E-state index in [9.17, 15) is 9.59 Å². The number of hydrogen-bond donors (Lipinski definition) is 2. The molecule has 2 saturated carbocycles. The van der Waals surface area contributed by atoms with Gasteiger partial charge >= 0.3 is 0 Å². The Morgan fingerprint density at radius 3 is 2.30 bits per heavy atom. The normalized spacial score (nSPS) is 29.7. The first-order chi connectivity index (χ1) is 12.6. The molecule has 1 aliphatic heterocycles. The topological polar surface area (TPSA) is 75.4 Å². The summed E-state index contributed by atoms with van der Waals surface area (Å²) in [5.41, 5.74) is 7.61. The average Bonchev–Trinajstić information content (AvgIpc) is 3.16. The van der Waals surface area contributed by atoms with E-state index in [1.807, 2.05) is 29.2 Å². The predicted molar refractivity (Wildman–Crippen MR) is 109 cm³/mol. The fourth-order valence-corrected chi connectivity index (χ4v) is 5.11. The zero-order valence-electron chi connectivity index (χ0n) is 15.7. The molecule has 3 aliphatic rings. The Morgan fingerprint density at radius 2 is 1.63 bits per heavy atom. The van der Waals surface area contributed by atoms with Crippen molar-refractivity contribution in [1.82, 2.24) is 4.90 Å². The van der Waals surface area contributed by atoms with Crippen LogP contribution in [0.15, 0.2) is 24.3 Å². The first kappa shape index (κ1) is 20.2. The number of hydrogen-bond acceptors (Lipinski definition) is 3. The van der Waals surface area contributed by atoms with E-state index in [1.165, 1.54) is 6.42 Å². The molecule has 1 heterocycles. The Bertz CT molecular complexity index is 676. The molecule has 148 valence electrons. The lowest BCUT2D eigenvalue weighted by atomic mass is 9.65. The molecule has 2 bridgehead atoms. The molecular formula is C21H30ClN3O2. The van der Waals surface area contributed by atoms with Crippen molar-refractivity contribution in [2.45, 2.75) is 51.0 Å². The number of para-hydroxylation sites is 1. The summed E-state index contributed by atoms with van der Waals surface area (Å²) >= 11 is 0. The van der Waals surface area contributed by atoms with Crippen molar-refractivity contribution in [3.8, 4) is 0 Å². The lowest BCUT2D eigenvalue weighted by molar-refractivity contribution is -0.122. The average molecular weight is 392 g/mol. The van der Waals surface area contributed by atoms with E-state index < -0.39 is 0 Å². The highest BCUT2D eigenvalue weighted by Crippen LogP contribution is 2.42. The summed E-state index contributed by atoms with van der Waals surface area (Å²) < 4.78 is 0. The van der Waals surface area contributed by atoms with Crippen LogP contribution in [0.25, 0.3) is 0 Å². The number of halogens is 1. The Kier molecular flexibility index (Phi) is 6.43. The van der Waals surface area contributed by atoms with Crippen LogP contribution in [0.4, 0.5) is 5.69 Å². The van der Waals surface area contributed by atoms with Gasteiger partial charge in [0.25, 0.3) is 5.91 Å². The number of carbonyl (C=O) groups excluding carboxylic acids is 2. The van der Waals surface area contributed by atoms with E-state index >= 15 is 0 Å². The molecule has 5 nitrogen and oxygen atoms in total. The predicted octanol–water partition coefficient (Wildman–Crippen LogP) is 3.44. The number of rotatable bonds is 3. The maximum atomic E-state index is 12.9. The molecule has 2 unspecified atom stereocenters. The molecule has 27 heavy (non-hydrogen) atoms. The number of carbonyl (C=O) groups is 2. The molecule has 6 heteroatoms. The van der Waals surface area contributed by atoms with E-state index in [2.05, 4.69) is 5.32 Å². The Labute approximate surface area is 167 Å². The SMILES string of the molecule is Cl.NC1C2CCCC1CC(C(=O)Nc1ccccc1C(=O)N1CCCC1)C2. The summed E-state index contributed by atoms with van der Waals surface area (Å²) in [6.45, 7) is 1.62. The lowest BCUT2D eigenvalue weighted by Gasteiger charge is -2.43. The van der Waals surface area contributed by atoms with Gasteiger partial charge in [0.15, 0.2) is 0 Å². The van der Waals surface area contributed by atoms with Gasteiger partial charge in [-0.3, -0.25) is 9.59 Å². The number of benzene rings is 1. The molecule has 1 aromatic carbocycles. The maximum Gasteiger partial charge on any atom is 0.255 e. The standard InChI is InChI=1S/C21H29N3O2.ClH/c22-19-14-6-5-7-15(19)13-16(12-14)20(25)23-18-9-2-1-8-17(18)21(26)24-10-3-4-11-24;/h1-2,8-9,14-16,19H,3-7,10-13,22H2,(H,23,25);1H. The molecule has 0 aromatic heterocycles. The zero-order valence-corrected chi connectivity index (χ0v) is 16.5.